The van der Waals surface area contributed by atoms with Crippen LogP contribution in [0.5, 0.6) is 0 Å². The SMILES string of the molecule is CN1CCCC(=NC(=N)C(=CO)c2nc3ccccc3s2)C1. The summed E-state index contributed by atoms with van der Waals surface area (Å²) in [6.45, 7) is 1.84. The van der Waals surface area contributed by atoms with E-state index in [1.54, 1.807) is 0 Å². The van der Waals surface area contributed by atoms with Gasteiger partial charge in [-0.3, -0.25) is 5.41 Å². The zero-order chi connectivity index (χ0) is 15.5. The lowest BCUT2D eigenvalue weighted by Crippen LogP contribution is -2.32. The van der Waals surface area contributed by atoms with Crippen LogP contribution in [0.3, 0.4) is 0 Å². The van der Waals surface area contributed by atoms with E-state index < -0.39 is 0 Å². The lowest BCUT2D eigenvalue weighted by molar-refractivity contribution is 0.355. The number of aliphatic imine (C=N–C) groups is 1. The van der Waals surface area contributed by atoms with Gasteiger partial charge in [0.1, 0.15) is 5.01 Å². The molecule has 0 radical (unpaired) electrons. The Hall–Kier alpha value is -2.05. The van der Waals surface area contributed by atoms with E-state index in [0.717, 1.165) is 48.1 Å². The van der Waals surface area contributed by atoms with E-state index in [4.69, 9.17) is 5.41 Å². The molecule has 1 fully saturated rings. The number of piperidine rings is 1. The van der Waals surface area contributed by atoms with Crippen molar-refractivity contribution in [2.75, 3.05) is 20.1 Å². The molecular weight excluding hydrogens is 296 g/mol. The molecule has 0 unspecified atom stereocenters. The molecule has 1 aliphatic heterocycles. The number of aliphatic hydroxyl groups excluding tert-OH is 1. The number of fused-ring (bicyclic) bond motifs is 1. The Labute approximate surface area is 133 Å². The molecule has 1 saturated heterocycles. The quantitative estimate of drug-likeness (QED) is 0.507. The van der Waals surface area contributed by atoms with Gasteiger partial charge >= 0.3 is 0 Å². The van der Waals surface area contributed by atoms with Crippen molar-refractivity contribution in [1.29, 1.82) is 5.41 Å². The predicted octanol–water partition coefficient (Wildman–Crippen LogP) is 3.34. The third kappa shape index (κ3) is 3.08. The smallest absolute Gasteiger partial charge is 0.157 e. The number of likely N-dealkylation sites (tertiary alicyclic amines) is 1. The number of nitrogens with zero attached hydrogens (tertiary/aromatic N) is 3. The number of aromatic nitrogens is 1. The summed E-state index contributed by atoms with van der Waals surface area (Å²) in [6, 6.07) is 7.79. The van der Waals surface area contributed by atoms with Gasteiger partial charge in [0.2, 0.25) is 0 Å². The number of rotatable bonds is 2. The number of nitrogens with one attached hydrogen (secondary N) is 1. The van der Waals surface area contributed by atoms with Gasteiger partial charge in [-0.2, -0.15) is 0 Å². The second-order valence-electron chi connectivity index (χ2n) is 5.40. The average Bonchev–Trinajstić information content (AvgIpc) is 2.91. The summed E-state index contributed by atoms with van der Waals surface area (Å²) in [7, 11) is 2.05. The van der Waals surface area contributed by atoms with E-state index in [9.17, 15) is 5.11 Å². The van der Waals surface area contributed by atoms with Crippen molar-refractivity contribution >= 4 is 38.7 Å². The van der Waals surface area contributed by atoms with Crippen molar-refractivity contribution in [1.82, 2.24) is 9.88 Å². The largest absolute Gasteiger partial charge is 0.515 e. The Morgan fingerprint density at radius 2 is 2.27 bits per heavy atom. The molecule has 22 heavy (non-hydrogen) atoms. The van der Waals surface area contributed by atoms with E-state index in [2.05, 4.69) is 21.9 Å². The second-order valence-corrected chi connectivity index (χ2v) is 6.43. The van der Waals surface area contributed by atoms with Gasteiger partial charge in [0.15, 0.2) is 5.84 Å². The first-order valence-corrected chi connectivity index (χ1v) is 8.03. The Kier molecular flexibility index (Phi) is 4.31. The minimum absolute atomic E-state index is 0.0758. The summed E-state index contributed by atoms with van der Waals surface area (Å²) in [5, 5.41) is 18.4. The van der Waals surface area contributed by atoms with Crippen LogP contribution < -0.4 is 0 Å². The van der Waals surface area contributed by atoms with E-state index >= 15 is 0 Å². The van der Waals surface area contributed by atoms with Crippen LogP contribution in [0.4, 0.5) is 0 Å². The Balaban J connectivity index is 1.87. The zero-order valence-electron chi connectivity index (χ0n) is 12.4. The Morgan fingerprint density at radius 3 is 3.00 bits per heavy atom. The van der Waals surface area contributed by atoms with Gasteiger partial charge in [0.25, 0.3) is 0 Å². The van der Waals surface area contributed by atoms with E-state index in [-0.39, 0.29) is 5.84 Å². The van der Waals surface area contributed by atoms with Gasteiger partial charge in [0.05, 0.1) is 22.1 Å². The number of hydrogen-bond acceptors (Lipinski definition) is 5. The number of thiazole rings is 1. The third-order valence-corrected chi connectivity index (χ3v) is 4.71. The van der Waals surface area contributed by atoms with Gasteiger partial charge in [-0.25, -0.2) is 9.98 Å². The molecule has 1 aromatic carbocycles. The standard InChI is InChI=1S/C16H18N4OS/c1-20-8-4-5-11(9-20)18-15(17)12(10-21)16-19-13-6-2-3-7-14(13)22-16/h2-3,6-7,10,17,21H,4-5,8-9H2,1H3. The normalized spacial score (nSPS) is 19.0. The summed E-state index contributed by atoms with van der Waals surface area (Å²) >= 11 is 1.46. The Bertz CT molecular complexity index is 729. The summed E-state index contributed by atoms with van der Waals surface area (Å²) in [6.07, 6.45) is 2.91. The van der Waals surface area contributed by atoms with Crippen molar-refractivity contribution < 1.29 is 5.11 Å². The maximum Gasteiger partial charge on any atom is 0.157 e. The minimum atomic E-state index is 0.0758. The van der Waals surface area contributed by atoms with Crippen LogP contribution in [0.25, 0.3) is 15.8 Å². The molecule has 2 aromatic rings. The van der Waals surface area contributed by atoms with Crippen LogP contribution >= 0.6 is 11.3 Å². The molecular formula is C16H18N4OS. The maximum absolute atomic E-state index is 9.54. The first-order valence-electron chi connectivity index (χ1n) is 7.21. The van der Waals surface area contributed by atoms with Crippen molar-refractivity contribution in [2.24, 2.45) is 4.99 Å². The number of benzene rings is 1. The monoisotopic (exact) mass is 314 g/mol. The van der Waals surface area contributed by atoms with Crippen LogP contribution in [0.15, 0.2) is 35.5 Å². The molecule has 1 aromatic heterocycles. The van der Waals surface area contributed by atoms with Crippen LogP contribution in [0.1, 0.15) is 17.8 Å². The number of para-hydroxylation sites is 1. The fraction of sp³-hybridized carbons (Fsp3) is 0.312. The summed E-state index contributed by atoms with van der Waals surface area (Å²) in [5.74, 6) is 0.0758. The van der Waals surface area contributed by atoms with E-state index in [1.165, 1.54) is 11.3 Å². The highest BCUT2D eigenvalue weighted by Crippen LogP contribution is 2.27. The molecule has 0 bridgehead atoms. The van der Waals surface area contributed by atoms with E-state index in [1.807, 2.05) is 24.3 Å². The summed E-state index contributed by atoms with van der Waals surface area (Å²) < 4.78 is 1.04. The first-order chi connectivity index (χ1) is 10.7. The van der Waals surface area contributed by atoms with Gasteiger partial charge in [-0.15, -0.1) is 11.3 Å². The molecule has 114 valence electrons. The average molecular weight is 314 g/mol. The molecule has 0 atom stereocenters. The van der Waals surface area contributed by atoms with Crippen molar-refractivity contribution in [2.45, 2.75) is 12.8 Å². The van der Waals surface area contributed by atoms with Gasteiger partial charge in [-0.05, 0) is 38.6 Å². The molecule has 6 heteroatoms. The maximum atomic E-state index is 9.54. The van der Waals surface area contributed by atoms with E-state index in [0.29, 0.717) is 10.6 Å². The highest BCUT2D eigenvalue weighted by molar-refractivity contribution is 7.19. The predicted molar refractivity (Wildman–Crippen MR) is 92.1 cm³/mol. The molecule has 0 aliphatic carbocycles. The molecule has 2 heterocycles. The van der Waals surface area contributed by atoms with Crippen molar-refractivity contribution in [3.8, 4) is 0 Å². The molecule has 3 rings (SSSR count). The summed E-state index contributed by atoms with van der Waals surface area (Å²) in [4.78, 5) is 11.1. The van der Waals surface area contributed by atoms with Crippen molar-refractivity contribution in [3.05, 3.63) is 35.5 Å². The Morgan fingerprint density at radius 1 is 1.45 bits per heavy atom. The van der Waals surface area contributed by atoms with Gasteiger partial charge in [-0.1, -0.05) is 12.1 Å². The molecule has 0 spiro atoms. The van der Waals surface area contributed by atoms with Gasteiger partial charge in [0, 0.05) is 12.3 Å². The first kappa shape index (κ1) is 14.9. The fourth-order valence-corrected chi connectivity index (χ4v) is 3.51. The minimum Gasteiger partial charge on any atom is -0.515 e. The third-order valence-electron chi connectivity index (χ3n) is 3.64. The lowest BCUT2D eigenvalue weighted by Gasteiger charge is -2.23. The topological polar surface area (TPSA) is 72.6 Å². The lowest BCUT2D eigenvalue weighted by atomic mass is 10.1. The zero-order valence-corrected chi connectivity index (χ0v) is 13.2. The molecule has 0 saturated carbocycles. The fourth-order valence-electron chi connectivity index (χ4n) is 2.54. The van der Waals surface area contributed by atoms with Crippen molar-refractivity contribution in [3.63, 3.8) is 0 Å². The van der Waals surface area contributed by atoms with Crippen LogP contribution in [0, 0.1) is 5.41 Å². The number of hydrogen-bond donors (Lipinski definition) is 2. The molecule has 5 nitrogen and oxygen atoms in total. The highest BCUT2D eigenvalue weighted by atomic mass is 32.1. The van der Waals surface area contributed by atoms with Gasteiger partial charge < -0.3 is 10.0 Å². The highest BCUT2D eigenvalue weighted by Gasteiger charge is 2.16. The molecule has 1 aliphatic rings. The number of amidine groups is 1. The molecule has 0 amide bonds. The second kappa shape index (κ2) is 6.37. The number of aliphatic hydroxyl groups is 1. The summed E-state index contributed by atoms with van der Waals surface area (Å²) in [5.41, 5.74) is 2.24. The molecule has 2 N–H and O–H groups in total. The van der Waals surface area contributed by atoms with Crippen LogP contribution in [-0.4, -0.2) is 46.7 Å². The van der Waals surface area contributed by atoms with Crippen LogP contribution in [-0.2, 0) is 0 Å². The van der Waals surface area contributed by atoms with Crippen LogP contribution in [0.2, 0.25) is 0 Å².